The molecule has 2 heterocycles. The van der Waals surface area contributed by atoms with Crippen LogP contribution in [0.3, 0.4) is 0 Å². The molecular formula is C13H20N2OS. The fourth-order valence-corrected chi connectivity index (χ4v) is 3.32. The molecule has 0 aliphatic carbocycles. The zero-order valence-corrected chi connectivity index (χ0v) is 11.1. The minimum atomic E-state index is 0.232. The van der Waals surface area contributed by atoms with Crippen LogP contribution in [0.15, 0.2) is 17.5 Å². The summed E-state index contributed by atoms with van der Waals surface area (Å²) in [6.07, 6.45) is 3.87. The van der Waals surface area contributed by atoms with Crippen molar-refractivity contribution in [3.8, 4) is 0 Å². The molecule has 1 aliphatic rings. The minimum absolute atomic E-state index is 0.232. The van der Waals surface area contributed by atoms with Gasteiger partial charge in [0.15, 0.2) is 0 Å². The number of nitrogens with two attached hydrogens (primary N) is 1. The van der Waals surface area contributed by atoms with E-state index in [1.807, 2.05) is 22.4 Å². The fourth-order valence-electron chi connectivity index (χ4n) is 2.62. The molecule has 0 radical (unpaired) electrons. The van der Waals surface area contributed by atoms with E-state index < -0.39 is 0 Å². The number of likely N-dealkylation sites (tertiary alicyclic amines) is 1. The third-order valence-corrected chi connectivity index (χ3v) is 4.37. The maximum Gasteiger partial charge on any atom is 0.228 e. The van der Waals surface area contributed by atoms with Gasteiger partial charge in [-0.15, -0.1) is 11.3 Å². The average Bonchev–Trinajstić information content (AvgIpc) is 2.81. The van der Waals surface area contributed by atoms with Crippen LogP contribution < -0.4 is 5.73 Å². The molecule has 2 N–H and O–H groups in total. The summed E-state index contributed by atoms with van der Waals surface area (Å²) in [5.74, 6) is 0.232. The Morgan fingerprint density at radius 2 is 2.41 bits per heavy atom. The van der Waals surface area contributed by atoms with Gasteiger partial charge in [-0.1, -0.05) is 6.07 Å². The molecule has 1 saturated heterocycles. The number of hydrogen-bond acceptors (Lipinski definition) is 3. The summed E-state index contributed by atoms with van der Waals surface area (Å²) in [6.45, 7) is 2.72. The normalized spacial score (nSPS) is 24.9. The first-order chi connectivity index (χ1) is 8.22. The van der Waals surface area contributed by atoms with Gasteiger partial charge in [0, 0.05) is 23.5 Å². The summed E-state index contributed by atoms with van der Waals surface area (Å²) >= 11 is 1.65. The van der Waals surface area contributed by atoms with Gasteiger partial charge in [0.1, 0.15) is 0 Å². The zero-order valence-electron chi connectivity index (χ0n) is 10.3. The van der Waals surface area contributed by atoms with Crippen LogP contribution in [0.5, 0.6) is 0 Å². The topological polar surface area (TPSA) is 46.3 Å². The predicted octanol–water partition coefficient (Wildman–Crippen LogP) is 2.02. The Morgan fingerprint density at radius 3 is 3.06 bits per heavy atom. The molecule has 4 heteroatoms. The minimum Gasteiger partial charge on any atom is -0.335 e. The van der Waals surface area contributed by atoms with Crippen molar-refractivity contribution in [2.75, 3.05) is 6.54 Å². The lowest BCUT2D eigenvalue weighted by atomic mass is 9.96. The zero-order chi connectivity index (χ0) is 12.3. The summed E-state index contributed by atoms with van der Waals surface area (Å²) in [6, 6.07) is 4.60. The molecule has 2 atom stereocenters. The van der Waals surface area contributed by atoms with Crippen molar-refractivity contribution in [3.63, 3.8) is 0 Å². The number of rotatable bonds is 3. The molecule has 0 saturated carbocycles. The van der Waals surface area contributed by atoms with E-state index >= 15 is 0 Å². The highest BCUT2D eigenvalue weighted by Crippen LogP contribution is 2.23. The Balaban J connectivity index is 2.05. The first kappa shape index (κ1) is 12.6. The van der Waals surface area contributed by atoms with Gasteiger partial charge >= 0.3 is 0 Å². The van der Waals surface area contributed by atoms with Crippen LogP contribution in [0, 0.1) is 0 Å². The number of piperidine rings is 1. The summed E-state index contributed by atoms with van der Waals surface area (Å²) in [5.41, 5.74) is 5.78. The molecule has 17 heavy (non-hydrogen) atoms. The molecule has 3 nitrogen and oxygen atoms in total. The lowest BCUT2D eigenvalue weighted by Gasteiger charge is -2.40. The molecule has 1 aromatic rings. The number of thiophene rings is 1. The summed E-state index contributed by atoms with van der Waals surface area (Å²) in [4.78, 5) is 15.5. The van der Waals surface area contributed by atoms with Gasteiger partial charge in [0.25, 0.3) is 0 Å². The van der Waals surface area contributed by atoms with Gasteiger partial charge in [-0.05, 0) is 37.6 Å². The SMILES string of the molecule is CC1CCCC(CN)N1C(=O)Cc1cccs1. The highest BCUT2D eigenvalue weighted by atomic mass is 32.1. The highest BCUT2D eigenvalue weighted by Gasteiger charge is 2.30. The number of nitrogens with zero attached hydrogens (tertiary/aromatic N) is 1. The van der Waals surface area contributed by atoms with Crippen LogP contribution in [0.25, 0.3) is 0 Å². The molecular weight excluding hydrogens is 232 g/mol. The standard InChI is InChI=1S/C13H20N2OS/c1-10-4-2-5-11(9-14)15(10)13(16)8-12-6-3-7-17-12/h3,6-7,10-11H,2,4-5,8-9,14H2,1H3. The van der Waals surface area contributed by atoms with Crippen LogP contribution in [0.2, 0.25) is 0 Å². The second kappa shape index (κ2) is 5.65. The van der Waals surface area contributed by atoms with E-state index in [4.69, 9.17) is 5.73 Å². The third kappa shape index (κ3) is 2.87. The van der Waals surface area contributed by atoms with E-state index in [0.717, 1.165) is 17.7 Å². The number of carbonyl (C=O) groups is 1. The average molecular weight is 252 g/mol. The summed E-state index contributed by atoms with van der Waals surface area (Å²) in [5, 5.41) is 2.02. The van der Waals surface area contributed by atoms with Gasteiger partial charge < -0.3 is 10.6 Å². The van der Waals surface area contributed by atoms with Crippen molar-refractivity contribution in [2.45, 2.75) is 44.7 Å². The quantitative estimate of drug-likeness (QED) is 0.894. The van der Waals surface area contributed by atoms with E-state index in [1.165, 1.54) is 6.42 Å². The van der Waals surface area contributed by atoms with E-state index in [0.29, 0.717) is 19.0 Å². The first-order valence-corrected chi connectivity index (χ1v) is 7.14. The lowest BCUT2D eigenvalue weighted by molar-refractivity contribution is -0.136. The van der Waals surface area contributed by atoms with Crippen LogP contribution in [0.4, 0.5) is 0 Å². The van der Waals surface area contributed by atoms with Crippen molar-refractivity contribution >= 4 is 17.2 Å². The van der Waals surface area contributed by atoms with Gasteiger partial charge in [-0.25, -0.2) is 0 Å². The molecule has 1 aliphatic heterocycles. The molecule has 2 rings (SSSR count). The molecule has 1 aromatic heterocycles. The Kier molecular flexibility index (Phi) is 4.18. The Bertz CT molecular complexity index is 364. The Morgan fingerprint density at radius 1 is 1.59 bits per heavy atom. The van der Waals surface area contributed by atoms with E-state index in [2.05, 4.69) is 6.92 Å². The summed E-state index contributed by atoms with van der Waals surface area (Å²) in [7, 11) is 0. The first-order valence-electron chi connectivity index (χ1n) is 6.26. The maximum absolute atomic E-state index is 12.3. The van der Waals surface area contributed by atoms with Crippen molar-refractivity contribution in [1.29, 1.82) is 0 Å². The largest absolute Gasteiger partial charge is 0.335 e. The van der Waals surface area contributed by atoms with Crippen molar-refractivity contribution < 1.29 is 4.79 Å². The van der Waals surface area contributed by atoms with E-state index in [-0.39, 0.29) is 11.9 Å². The maximum atomic E-state index is 12.3. The lowest BCUT2D eigenvalue weighted by Crippen LogP contribution is -2.52. The smallest absolute Gasteiger partial charge is 0.228 e. The third-order valence-electron chi connectivity index (χ3n) is 3.49. The van der Waals surface area contributed by atoms with E-state index in [1.54, 1.807) is 11.3 Å². The molecule has 0 aromatic carbocycles. The Hall–Kier alpha value is -0.870. The van der Waals surface area contributed by atoms with Crippen molar-refractivity contribution in [2.24, 2.45) is 5.73 Å². The van der Waals surface area contributed by atoms with Gasteiger partial charge in [0.2, 0.25) is 5.91 Å². The highest BCUT2D eigenvalue weighted by molar-refractivity contribution is 7.10. The van der Waals surface area contributed by atoms with Crippen LogP contribution in [-0.4, -0.2) is 29.4 Å². The Labute approximate surface area is 107 Å². The van der Waals surface area contributed by atoms with Crippen LogP contribution >= 0.6 is 11.3 Å². The predicted molar refractivity (Wildman–Crippen MR) is 71.0 cm³/mol. The van der Waals surface area contributed by atoms with Gasteiger partial charge in [-0.2, -0.15) is 0 Å². The van der Waals surface area contributed by atoms with Crippen molar-refractivity contribution in [3.05, 3.63) is 22.4 Å². The number of hydrogen-bond donors (Lipinski definition) is 1. The van der Waals surface area contributed by atoms with Gasteiger partial charge in [0.05, 0.1) is 6.42 Å². The van der Waals surface area contributed by atoms with Gasteiger partial charge in [-0.3, -0.25) is 4.79 Å². The molecule has 0 bridgehead atoms. The molecule has 1 fully saturated rings. The molecule has 0 spiro atoms. The van der Waals surface area contributed by atoms with Crippen LogP contribution in [-0.2, 0) is 11.2 Å². The fraction of sp³-hybridized carbons (Fsp3) is 0.615. The van der Waals surface area contributed by atoms with Crippen LogP contribution in [0.1, 0.15) is 31.1 Å². The van der Waals surface area contributed by atoms with E-state index in [9.17, 15) is 4.79 Å². The monoisotopic (exact) mass is 252 g/mol. The molecule has 1 amide bonds. The second-order valence-corrected chi connectivity index (χ2v) is 5.76. The number of amides is 1. The number of carbonyl (C=O) groups excluding carboxylic acids is 1. The van der Waals surface area contributed by atoms with Crippen molar-refractivity contribution in [1.82, 2.24) is 4.90 Å². The molecule has 2 unspecified atom stereocenters. The molecule has 94 valence electrons. The second-order valence-electron chi connectivity index (χ2n) is 4.73. The summed E-state index contributed by atoms with van der Waals surface area (Å²) < 4.78 is 0.